The fraction of sp³-hybridized carbons (Fsp3) is 0.740. The molecule has 1 unspecified atom stereocenters. The van der Waals surface area contributed by atoms with Gasteiger partial charge in [-0.2, -0.15) is 0 Å². The minimum absolute atomic E-state index is 0.0874. The Kier molecular flexibility index (Phi) is 63.7. The molecule has 0 fully saturated rings. The Morgan fingerprint density at radius 1 is 0.266 bits per heavy atom. The zero-order chi connectivity index (χ0) is 57.1. The van der Waals surface area contributed by atoms with Gasteiger partial charge in [0.2, 0.25) is 0 Å². The summed E-state index contributed by atoms with van der Waals surface area (Å²) < 4.78 is 17.0. The minimum atomic E-state index is -0.791. The molecule has 0 amide bonds. The number of esters is 3. The SMILES string of the molecule is CC/C=C\C/C=C\C/C=C\C/C=C\C/C=C\CCCCCCCCCC(=O)OCC(COC(=O)CCCCCCC/C=C\C/C=C\CCCCC)OC(=O)CCCCCCCCCCCCC/C=C\CCCCCCCCCC. The maximum atomic E-state index is 12.9. The summed E-state index contributed by atoms with van der Waals surface area (Å²) in [7, 11) is 0. The standard InChI is InChI=1S/C73H126O6/c1-4-7-10-13-16-19-22-25-28-30-32-34-36-38-40-42-45-48-51-54-57-60-63-66-72(75)78-69-70(68-77-71(74)65-62-59-56-53-50-47-44-27-24-21-18-15-12-9-6-3)79-73(76)67-64-61-58-55-52-49-46-43-41-39-37-35-33-31-29-26-23-20-17-14-11-8-5-2/h7,10,16,18-19,21,25,27-28,31-34,38,40,44,70H,4-6,8-9,11-15,17,20,22-24,26,29-30,35-37,39,41-43,45-69H2,1-3H3/b10-7-,19-16-,21-18-,28-25-,33-31-,34-32-,40-38-,44-27-. The van der Waals surface area contributed by atoms with Crippen molar-refractivity contribution in [3.05, 3.63) is 97.2 Å². The molecule has 6 heteroatoms. The Morgan fingerprint density at radius 3 is 0.810 bits per heavy atom. The van der Waals surface area contributed by atoms with Gasteiger partial charge in [0, 0.05) is 19.3 Å². The molecule has 0 aliphatic heterocycles. The maximum Gasteiger partial charge on any atom is 0.306 e. The predicted molar refractivity (Wildman–Crippen MR) is 344 cm³/mol. The van der Waals surface area contributed by atoms with Crippen LogP contribution in [-0.4, -0.2) is 37.2 Å². The fourth-order valence-corrected chi connectivity index (χ4v) is 9.50. The largest absolute Gasteiger partial charge is 0.462 e. The summed E-state index contributed by atoms with van der Waals surface area (Å²) >= 11 is 0. The Balaban J connectivity index is 4.38. The highest BCUT2D eigenvalue weighted by Crippen LogP contribution is 2.16. The zero-order valence-electron chi connectivity index (χ0n) is 52.1. The van der Waals surface area contributed by atoms with Gasteiger partial charge in [-0.15, -0.1) is 0 Å². The fourth-order valence-electron chi connectivity index (χ4n) is 9.50. The van der Waals surface area contributed by atoms with E-state index >= 15 is 0 Å². The van der Waals surface area contributed by atoms with Gasteiger partial charge < -0.3 is 14.2 Å². The zero-order valence-corrected chi connectivity index (χ0v) is 52.1. The van der Waals surface area contributed by atoms with Crippen LogP contribution in [0.25, 0.3) is 0 Å². The lowest BCUT2D eigenvalue weighted by Gasteiger charge is -2.18. The van der Waals surface area contributed by atoms with Gasteiger partial charge in [0.25, 0.3) is 0 Å². The van der Waals surface area contributed by atoms with Crippen LogP contribution in [0.2, 0.25) is 0 Å². The molecule has 454 valence electrons. The molecular weight excluding hydrogens is 973 g/mol. The molecule has 79 heavy (non-hydrogen) atoms. The Morgan fingerprint density at radius 2 is 0.494 bits per heavy atom. The molecule has 0 aromatic carbocycles. The molecule has 0 radical (unpaired) electrons. The molecule has 0 heterocycles. The Bertz CT molecular complexity index is 1540. The van der Waals surface area contributed by atoms with Crippen LogP contribution in [0, 0.1) is 0 Å². The quantitative estimate of drug-likeness (QED) is 0.0261. The van der Waals surface area contributed by atoms with E-state index in [4.69, 9.17) is 14.2 Å². The molecule has 0 saturated carbocycles. The first-order valence-electron chi connectivity index (χ1n) is 33.7. The summed E-state index contributed by atoms with van der Waals surface area (Å²) in [4.78, 5) is 38.4. The van der Waals surface area contributed by atoms with Crippen molar-refractivity contribution in [2.75, 3.05) is 13.2 Å². The van der Waals surface area contributed by atoms with Crippen LogP contribution >= 0.6 is 0 Å². The third-order valence-corrected chi connectivity index (χ3v) is 14.5. The van der Waals surface area contributed by atoms with Gasteiger partial charge in [0.1, 0.15) is 13.2 Å². The molecule has 0 aliphatic rings. The van der Waals surface area contributed by atoms with E-state index < -0.39 is 6.10 Å². The lowest BCUT2D eigenvalue weighted by Crippen LogP contribution is -2.30. The highest BCUT2D eigenvalue weighted by molar-refractivity contribution is 5.71. The van der Waals surface area contributed by atoms with Crippen molar-refractivity contribution < 1.29 is 28.6 Å². The second-order valence-electron chi connectivity index (χ2n) is 22.3. The predicted octanol–water partition coefficient (Wildman–Crippen LogP) is 23.2. The number of hydrogen-bond donors (Lipinski definition) is 0. The Hall–Kier alpha value is -3.67. The topological polar surface area (TPSA) is 78.9 Å². The smallest absolute Gasteiger partial charge is 0.306 e. The summed E-state index contributed by atoms with van der Waals surface area (Å²) in [5.74, 6) is -0.899. The third kappa shape index (κ3) is 65.0. The second kappa shape index (κ2) is 66.8. The minimum Gasteiger partial charge on any atom is -0.462 e. The van der Waals surface area contributed by atoms with E-state index in [0.29, 0.717) is 19.3 Å². The summed E-state index contributed by atoms with van der Waals surface area (Å²) in [6.07, 6.45) is 89.9. The van der Waals surface area contributed by atoms with Gasteiger partial charge in [-0.1, -0.05) is 285 Å². The molecular formula is C73H126O6. The Labute approximate surface area is 489 Å². The first-order chi connectivity index (χ1) is 39.0. The normalized spacial score (nSPS) is 12.7. The van der Waals surface area contributed by atoms with Gasteiger partial charge in [-0.05, 0) is 122 Å². The highest BCUT2D eigenvalue weighted by atomic mass is 16.6. The molecule has 0 aromatic heterocycles. The van der Waals surface area contributed by atoms with Crippen LogP contribution in [-0.2, 0) is 28.6 Å². The van der Waals surface area contributed by atoms with E-state index in [-0.39, 0.29) is 31.1 Å². The van der Waals surface area contributed by atoms with Crippen molar-refractivity contribution in [2.24, 2.45) is 0 Å². The van der Waals surface area contributed by atoms with Gasteiger partial charge in [-0.3, -0.25) is 14.4 Å². The number of carbonyl (C=O) groups excluding carboxylic acids is 3. The van der Waals surface area contributed by atoms with Gasteiger partial charge in [-0.25, -0.2) is 0 Å². The number of hydrogen-bond acceptors (Lipinski definition) is 6. The number of rotatable bonds is 61. The molecule has 0 spiro atoms. The molecule has 0 saturated heterocycles. The average Bonchev–Trinajstić information content (AvgIpc) is 3.45. The van der Waals surface area contributed by atoms with Crippen molar-refractivity contribution in [2.45, 2.75) is 335 Å². The van der Waals surface area contributed by atoms with Crippen LogP contribution in [0.5, 0.6) is 0 Å². The van der Waals surface area contributed by atoms with Crippen LogP contribution in [0.15, 0.2) is 97.2 Å². The van der Waals surface area contributed by atoms with E-state index in [1.807, 2.05) is 0 Å². The lowest BCUT2D eigenvalue weighted by atomic mass is 10.0. The van der Waals surface area contributed by atoms with Crippen LogP contribution in [0.4, 0.5) is 0 Å². The number of allylic oxidation sites excluding steroid dienone is 16. The summed E-state index contributed by atoms with van der Waals surface area (Å²) in [5.41, 5.74) is 0. The van der Waals surface area contributed by atoms with Crippen LogP contribution in [0.3, 0.4) is 0 Å². The molecule has 1 atom stereocenters. The lowest BCUT2D eigenvalue weighted by molar-refractivity contribution is -0.167. The summed E-state index contributed by atoms with van der Waals surface area (Å²) in [6.45, 7) is 6.51. The van der Waals surface area contributed by atoms with E-state index in [0.717, 1.165) is 116 Å². The molecule has 0 aliphatic carbocycles. The van der Waals surface area contributed by atoms with Crippen molar-refractivity contribution in [3.63, 3.8) is 0 Å². The molecule has 0 bridgehead atoms. The monoisotopic (exact) mass is 1100 g/mol. The average molecular weight is 1100 g/mol. The van der Waals surface area contributed by atoms with Gasteiger partial charge in [0.15, 0.2) is 6.10 Å². The van der Waals surface area contributed by atoms with Gasteiger partial charge >= 0.3 is 17.9 Å². The molecule has 6 nitrogen and oxygen atoms in total. The van der Waals surface area contributed by atoms with E-state index in [1.165, 1.54) is 173 Å². The number of ether oxygens (including phenoxy) is 3. The van der Waals surface area contributed by atoms with Crippen molar-refractivity contribution >= 4 is 17.9 Å². The van der Waals surface area contributed by atoms with E-state index in [1.54, 1.807) is 0 Å². The van der Waals surface area contributed by atoms with Crippen LogP contribution < -0.4 is 0 Å². The molecule has 0 rings (SSSR count). The molecule has 0 N–H and O–H groups in total. The second-order valence-corrected chi connectivity index (χ2v) is 22.3. The molecule has 0 aromatic rings. The van der Waals surface area contributed by atoms with Crippen LogP contribution in [0.1, 0.15) is 329 Å². The van der Waals surface area contributed by atoms with Crippen molar-refractivity contribution in [1.82, 2.24) is 0 Å². The maximum absolute atomic E-state index is 12.9. The summed E-state index contributed by atoms with van der Waals surface area (Å²) in [6, 6.07) is 0. The third-order valence-electron chi connectivity index (χ3n) is 14.5. The summed E-state index contributed by atoms with van der Waals surface area (Å²) in [5, 5.41) is 0. The van der Waals surface area contributed by atoms with Crippen molar-refractivity contribution in [1.29, 1.82) is 0 Å². The van der Waals surface area contributed by atoms with E-state index in [9.17, 15) is 14.4 Å². The first-order valence-corrected chi connectivity index (χ1v) is 33.7. The first kappa shape index (κ1) is 75.3. The van der Waals surface area contributed by atoms with Gasteiger partial charge in [0.05, 0.1) is 0 Å². The van der Waals surface area contributed by atoms with Crippen molar-refractivity contribution in [3.8, 4) is 0 Å². The van der Waals surface area contributed by atoms with E-state index in [2.05, 4.69) is 118 Å². The highest BCUT2D eigenvalue weighted by Gasteiger charge is 2.19. The number of carbonyl (C=O) groups is 3. The number of unbranched alkanes of at least 4 members (excludes halogenated alkanes) is 34.